The number of rotatable bonds is 6. The summed E-state index contributed by atoms with van der Waals surface area (Å²) in [4.78, 5) is 14.2. The molecule has 0 bridgehead atoms. The van der Waals surface area contributed by atoms with E-state index in [-0.39, 0.29) is 13.3 Å². The van der Waals surface area contributed by atoms with Crippen LogP contribution in [0.5, 0.6) is 0 Å². The second-order valence-electron chi connectivity index (χ2n) is 5.71. The van der Waals surface area contributed by atoms with Crippen molar-refractivity contribution in [3.8, 4) is 0 Å². The van der Waals surface area contributed by atoms with E-state index in [0.717, 1.165) is 11.8 Å². The van der Waals surface area contributed by atoms with Gasteiger partial charge in [-0.05, 0) is 19.4 Å². The maximum atomic E-state index is 12.6. The lowest BCUT2D eigenvalue weighted by molar-refractivity contribution is -0.149. The number of esters is 1. The minimum Gasteiger partial charge on any atom is -0.479 e. The molecule has 0 saturated heterocycles. The summed E-state index contributed by atoms with van der Waals surface area (Å²) in [5.74, 6) is -0.767. The third kappa shape index (κ3) is 3.50. The summed E-state index contributed by atoms with van der Waals surface area (Å²) in [6.07, 6.45) is 4.14. The fourth-order valence-electron chi connectivity index (χ4n) is 2.35. The van der Waals surface area contributed by atoms with Gasteiger partial charge >= 0.3 is 5.97 Å². The number of carbonyl (C=O) groups is 1. The van der Waals surface area contributed by atoms with Gasteiger partial charge in [0, 0.05) is 12.5 Å². The molecule has 0 amide bonds. The van der Waals surface area contributed by atoms with E-state index in [1.165, 1.54) is 13.2 Å². The molecule has 0 aliphatic carbocycles. The Balaban J connectivity index is 2.20. The molecule has 7 heteroatoms. The molecule has 0 radical (unpaired) electrons. The van der Waals surface area contributed by atoms with Crippen LogP contribution in [0.2, 0.25) is 0 Å². The van der Waals surface area contributed by atoms with Gasteiger partial charge < -0.3 is 14.4 Å². The van der Waals surface area contributed by atoms with Gasteiger partial charge in [0.1, 0.15) is 12.9 Å². The summed E-state index contributed by atoms with van der Waals surface area (Å²) in [6.45, 7) is 3.30. The van der Waals surface area contributed by atoms with Gasteiger partial charge in [-0.2, -0.15) is 0 Å². The van der Waals surface area contributed by atoms with Crippen molar-refractivity contribution < 1.29 is 22.7 Å². The lowest BCUT2D eigenvalue weighted by atomic mass is 10.0. The molecular weight excluding hydrogens is 318 g/mol. The average Bonchev–Trinajstić information content (AvgIpc) is 3.05. The number of hydrogen-bond acceptors (Lipinski definition) is 6. The minimum absolute atomic E-state index is 0.0316. The Morgan fingerprint density at radius 3 is 2.57 bits per heavy atom. The van der Waals surface area contributed by atoms with Crippen LogP contribution < -0.4 is 0 Å². The third-order valence-corrected chi connectivity index (χ3v) is 6.30. The molecule has 126 valence electrons. The van der Waals surface area contributed by atoms with E-state index in [1.807, 2.05) is 30.3 Å². The van der Waals surface area contributed by atoms with Crippen LogP contribution in [0.25, 0.3) is 0 Å². The number of sulfone groups is 1. The molecule has 1 aliphatic heterocycles. The van der Waals surface area contributed by atoms with Crippen molar-refractivity contribution in [2.45, 2.75) is 31.2 Å². The first-order valence-electron chi connectivity index (χ1n) is 7.21. The van der Waals surface area contributed by atoms with Crippen molar-refractivity contribution in [2.24, 2.45) is 0 Å². The first kappa shape index (κ1) is 17.3. The first-order chi connectivity index (χ1) is 10.8. The minimum atomic E-state index is -3.71. The van der Waals surface area contributed by atoms with Crippen molar-refractivity contribution in [3.63, 3.8) is 0 Å². The maximum Gasteiger partial charge on any atom is 0.329 e. The van der Waals surface area contributed by atoms with E-state index in [2.05, 4.69) is 0 Å². The number of hydrogen-bond donors (Lipinski definition) is 0. The normalized spacial score (nSPS) is 18.1. The van der Waals surface area contributed by atoms with E-state index in [0.29, 0.717) is 0 Å². The lowest BCUT2D eigenvalue weighted by Crippen LogP contribution is -2.57. The second-order valence-corrected chi connectivity index (χ2v) is 8.10. The topological polar surface area (TPSA) is 72.9 Å². The molecule has 1 aromatic rings. The quantitative estimate of drug-likeness (QED) is 0.734. The maximum absolute atomic E-state index is 12.6. The molecule has 2 rings (SSSR count). The van der Waals surface area contributed by atoms with Gasteiger partial charge in [0.25, 0.3) is 0 Å². The van der Waals surface area contributed by atoms with Crippen molar-refractivity contribution in [3.05, 3.63) is 48.4 Å². The van der Waals surface area contributed by atoms with Gasteiger partial charge in [-0.3, -0.25) is 4.79 Å². The summed E-state index contributed by atoms with van der Waals surface area (Å²) >= 11 is 0. The summed E-state index contributed by atoms with van der Waals surface area (Å²) < 4.78 is 33.3. The average molecular weight is 339 g/mol. The Labute approximate surface area is 136 Å². The predicted octanol–water partition coefficient (Wildman–Crippen LogP) is 1.68. The lowest BCUT2D eigenvalue weighted by Gasteiger charge is -2.36. The standard InChI is InChI=1S/C16H21NO5S/c1-13(17-9-10-21-12-17)16(2,23(3,19)20)15(18)22-11-14-7-5-4-6-8-14/h4-10,13H,11-12H2,1-3H3. The van der Waals surface area contributed by atoms with Gasteiger partial charge in [0.05, 0.1) is 6.04 Å². The fraction of sp³-hybridized carbons (Fsp3) is 0.438. The summed E-state index contributed by atoms with van der Waals surface area (Å²) in [5.41, 5.74) is 0.800. The molecule has 2 unspecified atom stereocenters. The number of ether oxygens (including phenoxy) is 2. The predicted molar refractivity (Wildman–Crippen MR) is 85.9 cm³/mol. The SMILES string of the molecule is CC(N1C=COC1)C(C)(C(=O)OCc1ccccc1)S(C)(=O)=O. The van der Waals surface area contributed by atoms with Crippen LogP contribution in [0.4, 0.5) is 0 Å². The van der Waals surface area contributed by atoms with Crippen LogP contribution in [0.15, 0.2) is 42.8 Å². The molecule has 0 aromatic heterocycles. The molecular formula is C16H21NO5S. The van der Waals surface area contributed by atoms with E-state index >= 15 is 0 Å². The Hall–Kier alpha value is -2.02. The monoisotopic (exact) mass is 339 g/mol. The Morgan fingerprint density at radius 2 is 2.04 bits per heavy atom. The molecule has 0 saturated carbocycles. The van der Waals surface area contributed by atoms with E-state index in [9.17, 15) is 13.2 Å². The molecule has 0 N–H and O–H groups in total. The Bertz CT molecular complexity index is 686. The van der Waals surface area contributed by atoms with Crippen molar-refractivity contribution in [1.29, 1.82) is 0 Å². The van der Waals surface area contributed by atoms with Gasteiger partial charge in [0.2, 0.25) is 0 Å². The van der Waals surface area contributed by atoms with Crippen LogP contribution in [-0.4, -0.2) is 43.1 Å². The number of benzene rings is 1. The Kier molecular flexibility index (Phi) is 4.99. The van der Waals surface area contributed by atoms with Crippen molar-refractivity contribution in [1.82, 2.24) is 4.90 Å². The van der Waals surface area contributed by atoms with E-state index < -0.39 is 26.6 Å². The fourth-order valence-corrected chi connectivity index (χ4v) is 3.47. The van der Waals surface area contributed by atoms with Crippen molar-refractivity contribution >= 4 is 15.8 Å². The van der Waals surface area contributed by atoms with E-state index in [4.69, 9.17) is 9.47 Å². The highest BCUT2D eigenvalue weighted by Crippen LogP contribution is 2.28. The summed E-state index contributed by atoms with van der Waals surface area (Å²) in [6, 6.07) is 8.51. The highest BCUT2D eigenvalue weighted by Gasteiger charge is 2.52. The van der Waals surface area contributed by atoms with Gasteiger partial charge in [-0.1, -0.05) is 30.3 Å². The molecule has 6 nitrogen and oxygen atoms in total. The third-order valence-electron chi connectivity index (χ3n) is 4.26. The Morgan fingerprint density at radius 1 is 1.39 bits per heavy atom. The molecule has 0 spiro atoms. The highest BCUT2D eigenvalue weighted by molar-refractivity contribution is 7.92. The van der Waals surface area contributed by atoms with Gasteiger partial charge in [-0.15, -0.1) is 0 Å². The zero-order chi connectivity index (χ0) is 17.1. The van der Waals surface area contributed by atoms with Crippen LogP contribution in [0.1, 0.15) is 19.4 Å². The number of carbonyl (C=O) groups excluding carboxylic acids is 1. The van der Waals surface area contributed by atoms with Crippen LogP contribution in [-0.2, 0) is 30.7 Å². The molecule has 1 aliphatic rings. The summed E-state index contributed by atoms with van der Waals surface area (Å²) in [7, 11) is -3.71. The van der Waals surface area contributed by atoms with Gasteiger partial charge in [0.15, 0.2) is 21.3 Å². The molecule has 23 heavy (non-hydrogen) atoms. The largest absolute Gasteiger partial charge is 0.479 e. The second kappa shape index (κ2) is 6.62. The van der Waals surface area contributed by atoms with Crippen LogP contribution >= 0.6 is 0 Å². The summed E-state index contributed by atoms with van der Waals surface area (Å²) in [5, 5.41) is 0. The van der Waals surface area contributed by atoms with Crippen LogP contribution in [0.3, 0.4) is 0 Å². The molecule has 0 fully saturated rings. The van der Waals surface area contributed by atoms with Crippen molar-refractivity contribution in [2.75, 3.05) is 13.0 Å². The van der Waals surface area contributed by atoms with E-state index in [1.54, 1.807) is 18.0 Å². The van der Waals surface area contributed by atoms with Gasteiger partial charge in [-0.25, -0.2) is 8.42 Å². The molecule has 1 heterocycles. The smallest absolute Gasteiger partial charge is 0.329 e. The zero-order valence-corrected chi connectivity index (χ0v) is 14.2. The molecule has 1 aromatic carbocycles. The highest BCUT2D eigenvalue weighted by atomic mass is 32.2. The molecule has 2 atom stereocenters. The first-order valence-corrected chi connectivity index (χ1v) is 9.10. The zero-order valence-electron chi connectivity index (χ0n) is 13.4. The van der Waals surface area contributed by atoms with Crippen LogP contribution in [0, 0.1) is 0 Å². The number of nitrogens with zero attached hydrogens (tertiary/aromatic N) is 1.